The number of carbonyl (C=O) groups is 4. The van der Waals surface area contributed by atoms with E-state index >= 15 is 0 Å². The molecule has 1 aliphatic carbocycles. The Bertz CT molecular complexity index is 1740. The van der Waals surface area contributed by atoms with E-state index in [0.29, 0.717) is 34.0 Å². The fourth-order valence-electron chi connectivity index (χ4n) is 4.97. The average molecular weight is 598 g/mol. The molecule has 9 nitrogen and oxygen atoms in total. The summed E-state index contributed by atoms with van der Waals surface area (Å²) in [5.74, 6) is -2.37. The molecule has 220 valence electrons. The Hall–Kier alpha value is -4.83. The van der Waals surface area contributed by atoms with E-state index in [9.17, 15) is 19.2 Å². The summed E-state index contributed by atoms with van der Waals surface area (Å²) in [5.41, 5.74) is 5.28. The number of fused-ring (bicyclic) bond motifs is 2. The van der Waals surface area contributed by atoms with Crippen LogP contribution in [0.1, 0.15) is 62.6 Å². The standard InChI is InChI=1S/C33H31N3O6S/c1-4-41-33(40)28-24-15-11-20(3)17-27(24)43-31(28)35-29(37)30(38)36-34-18-25-23-8-6-5-7-21(23)14-16-26(25)42-32(39)22-12-9-19(2)10-13-22/h5-10,12-14,16,18,20H,4,11,15,17H2,1-3H3,(H,35,37)(H,36,38)/b34-18-/t20-/m1/s1. The highest BCUT2D eigenvalue weighted by molar-refractivity contribution is 7.17. The van der Waals surface area contributed by atoms with Crippen LogP contribution in [-0.2, 0) is 27.2 Å². The largest absolute Gasteiger partial charge is 0.462 e. The number of ether oxygens (including phenoxy) is 2. The van der Waals surface area contributed by atoms with Gasteiger partial charge in [-0.1, -0.05) is 55.0 Å². The SMILES string of the molecule is CCOC(=O)c1c(NC(=O)C(=O)N/N=C\c2c(OC(=O)c3ccc(C)cc3)ccc3ccccc23)sc2c1CC[C@@H](C)C2. The van der Waals surface area contributed by atoms with Crippen LogP contribution >= 0.6 is 11.3 Å². The number of esters is 2. The molecule has 0 bridgehead atoms. The Labute approximate surface area is 252 Å². The summed E-state index contributed by atoms with van der Waals surface area (Å²) in [6.07, 6.45) is 3.76. The van der Waals surface area contributed by atoms with Crippen LogP contribution in [0.4, 0.5) is 5.00 Å². The van der Waals surface area contributed by atoms with E-state index in [-0.39, 0.29) is 12.4 Å². The number of anilines is 1. The molecule has 5 rings (SSSR count). The normalized spacial score (nSPS) is 14.3. The highest BCUT2D eigenvalue weighted by Gasteiger charge is 2.30. The van der Waals surface area contributed by atoms with Crippen molar-refractivity contribution in [3.63, 3.8) is 0 Å². The fourth-order valence-corrected chi connectivity index (χ4v) is 6.36. The summed E-state index contributed by atoms with van der Waals surface area (Å²) in [6, 6.07) is 17.9. The second-order valence-electron chi connectivity index (χ2n) is 10.4. The van der Waals surface area contributed by atoms with Gasteiger partial charge in [0.25, 0.3) is 0 Å². The van der Waals surface area contributed by atoms with E-state index in [1.807, 2.05) is 49.4 Å². The topological polar surface area (TPSA) is 123 Å². The number of amides is 2. The first kappa shape index (κ1) is 29.7. The van der Waals surface area contributed by atoms with Crippen LogP contribution in [0, 0.1) is 12.8 Å². The molecule has 1 heterocycles. The van der Waals surface area contributed by atoms with Crippen molar-refractivity contribution < 1.29 is 28.7 Å². The summed E-state index contributed by atoms with van der Waals surface area (Å²) < 4.78 is 10.9. The molecule has 0 spiro atoms. The van der Waals surface area contributed by atoms with Crippen LogP contribution < -0.4 is 15.5 Å². The molecule has 2 N–H and O–H groups in total. The lowest BCUT2D eigenvalue weighted by molar-refractivity contribution is -0.136. The second-order valence-corrected chi connectivity index (χ2v) is 11.5. The van der Waals surface area contributed by atoms with Crippen molar-refractivity contribution in [3.05, 3.63) is 93.4 Å². The fraction of sp³-hybridized carbons (Fsp3) is 0.242. The predicted molar refractivity (Wildman–Crippen MR) is 166 cm³/mol. The van der Waals surface area contributed by atoms with E-state index in [0.717, 1.165) is 39.6 Å². The number of benzene rings is 3. The van der Waals surface area contributed by atoms with Gasteiger partial charge in [-0.15, -0.1) is 11.3 Å². The van der Waals surface area contributed by atoms with Crippen molar-refractivity contribution in [1.29, 1.82) is 0 Å². The molecular formula is C33H31N3O6S. The van der Waals surface area contributed by atoms with Crippen molar-refractivity contribution in [2.45, 2.75) is 40.0 Å². The number of hydrogen-bond acceptors (Lipinski definition) is 8. The zero-order valence-corrected chi connectivity index (χ0v) is 24.9. The molecule has 0 aliphatic heterocycles. The van der Waals surface area contributed by atoms with Gasteiger partial charge in [0.05, 0.1) is 23.9 Å². The maximum atomic E-state index is 12.9. The van der Waals surface area contributed by atoms with Crippen LogP contribution in [0.3, 0.4) is 0 Å². The lowest BCUT2D eigenvalue weighted by Gasteiger charge is -2.18. The van der Waals surface area contributed by atoms with Gasteiger partial charge in [0.1, 0.15) is 10.8 Å². The smallest absolute Gasteiger partial charge is 0.343 e. The third-order valence-corrected chi connectivity index (χ3v) is 8.37. The molecule has 1 atom stereocenters. The molecule has 0 saturated carbocycles. The molecular weight excluding hydrogens is 566 g/mol. The monoisotopic (exact) mass is 597 g/mol. The van der Waals surface area contributed by atoms with Gasteiger partial charge in [-0.2, -0.15) is 5.10 Å². The van der Waals surface area contributed by atoms with Crippen LogP contribution in [-0.4, -0.2) is 36.6 Å². The van der Waals surface area contributed by atoms with Crippen molar-refractivity contribution in [3.8, 4) is 5.75 Å². The highest BCUT2D eigenvalue weighted by Crippen LogP contribution is 2.40. The summed E-state index contributed by atoms with van der Waals surface area (Å²) >= 11 is 1.29. The van der Waals surface area contributed by atoms with E-state index in [1.54, 1.807) is 25.1 Å². The van der Waals surface area contributed by atoms with Gasteiger partial charge in [-0.3, -0.25) is 9.59 Å². The van der Waals surface area contributed by atoms with Gasteiger partial charge in [0.2, 0.25) is 0 Å². The average Bonchev–Trinajstić information content (AvgIpc) is 3.35. The first-order chi connectivity index (χ1) is 20.7. The Balaban J connectivity index is 1.34. The number of aryl methyl sites for hydroxylation is 1. The summed E-state index contributed by atoms with van der Waals surface area (Å²) in [4.78, 5) is 52.2. The molecule has 43 heavy (non-hydrogen) atoms. The lowest BCUT2D eigenvalue weighted by atomic mass is 9.88. The number of hydrazone groups is 1. The molecule has 0 unspecified atom stereocenters. The minimum atomic E-state index is -1.02. The quantitative estimate of drug-likeness (QED) is 0.0910. The van der Waals surface area contributed by atoms with Gasteiger partial charge >= 0.3 is 23.8 Å². The Morgan fingerprint density at radius 2 is 1.77 bits per heavy atom. The minimum absolute atomic E-state index is 0.193. The summed E-state index contributed by atoms with van der Waals surface area (Å²) in [7, 11) is 0. The summed E-state index contributed by atoms with van der Waals surface area (Å²) in [5, 5.41) is 8.48. The first-order valence-corrected chi connectivity index (χ1v) is 14.8. The zero-order chi connectivity index (χ0) is 30.5. The molecule has 4 aromatic rings. The predicted octanol–water partition coefficient (Wildman–Crippen LogP) is 5.82. The van der Waals surface area contributed by atoms with E-state index < -0.39 is 23.8 Å². The van der Waals surface area contributed by atoms with Crippen molar-refractivity contribution in [2.75, 3.05) is 11.9 Å². The summed E-state index contributed by atoms with van der Waals surface area (Å²) in [6.45, 7) is 5.97. The van der Waals surface area contributed by atoms with Gasteiger partial charge in [0, 0.05) is 10.4 Å². The number of nitrogens with one attached hydrogen (secondary N) is 2. The van der Waals surface area contributed by atoms with E-state index in [4.69, 9.17) is 9.47 Å². The molecule has 0 radical (unpaired) electrons. The minimum Gasteiger partial charge on any atom is -0.462 e. The second kappa shape index (κ2) is 13.0. The van der Waals surface area contributed by atoms with E-state index in [2.05, 4.69) is 22.8 Å². The van der Waals surface area contributed by atoms with Gasteiger partial charge in [-0.05, 0) is 73.6 Å². The van der Waals surface area contributed by atoms with Crippen molar-refractivity contribution in [2.24, 2.45) is 11.0 Å². The molecule has 3 aromatic carbocycles. The Kier molecular flexibility index (Phi) is 8.96. The third kappa shape index (κ3) is 6.65. The first-order valence-electron chi connectivity index (χ1n) is 14.0. The zero-order valence-electron chi connectivity index (χ0n) is 24.1. The maximum Gasteiger partial charge on any atom is 0.343 e. The van der Waals surface area contributed by atoms with Gasteiger partial charge in [0.15, 0.2) is 0 Å². The van der Waals surface area contributed by atoms with Crippen LogP contribution in [0.2, 0.25) is 0 Å². The third-order valence-electron chi connectivity index (χ3n) is 7.20. The molecule has 0 saturated heterocycles. The van der Waals surface area contributed by atoms with Crippen molar-refractivity contribution >= 4 is 57.1 Å². The van der Waals surface area contributed by atoms with Crippen LogP contribution in [0.25, 0.3) is 10.8 Å². The van der Waals surface area contributed by atoms with Crippen LogP contribution in [0.5, 0.6) is 5.75 Å². The number of rotatable bonds is 7. The molecule has 1 aliphatic rings. The number of hydrogen-bond donors (Lipinski definition) is 2. The molecule has 2 amide bonds. The van der Waals surface area contributed by atoms with Crippen molar-refractivity contribution in [1.82, 2.24) is 5.43 Å². The molecule has 0 fully saturated rings. The van der Waals surface area contributed by atoms with Crippen LogP contribution in [0.15, 0.2) is 65.8 Å². The maximum absolute atomic E-state index is 12.9. The lowest BCUT2D eigenvalue weighted by Crippen LogP contribution is -2.32. The number of nitrogens with zero attached hydrogens (tertiary/aromatic N) is 1. The Morgan fingerprint density at radius 3 is 2.53 bits per heavy atom. The Morgan fingerprint density at radius 1 is 1.00 bits per heavy atom. The molecule has 1 aromatic heterocycles. The number of thiophene rings is 1. The number of carbonyl (C=O) groups excluding carboxylic acids is 4. The van der Waals surface area contributed by atoms with E-state index in [1.165, 1.54) is 17.6 Å². The van der Waals surface area contributed by atoms with Gasteiger partial charge < -0.3 is 14.8 Å². The van der Waals surface area contributed by atoms with Gasteiger partial charge in [-0.25, -0.2) is 15.0 Å². The molecule has 10 heteroatoms. The highest BCUT2D eigenvalue weighted by atomic mass is 32.1.